The third-order valence-electron chi connectivity index (χ3n) is 2.46. The number of carbonyl (C=O) groups is 2. The van der Waals surface area contributed by atoms with E-state index in [9.17, 15) is 9.59 Å². The van der Waals surface area contributed by atoms with Crippen molar-refractivity contribution in [2.75, 3.05) is 7.11 Å². The minimum absolute atomic E-state index is 0.257. The summed E-state index contributed by atoms with van der Waals surface area (Å²) < 4.78 is 14.9. The molecule has 0 amide bonds. The number of ether oxygens (including phenoxy) is 3. The molecule has 1 aliphatic carbocycles. The van der Waals surface area contributed by atoms with Crippen LogP contribution in [0, 0.1) is 5.92 Å². The van der Waals surface area contributed by atoms with Crippen LogP contribution in [0.5, 0.6) is 0 Å². The number of rotatable bonds is 2. The van der Waals surface area contributed by atoms with Crippen molar-refractivity contribution in [3.63, 3.8) is 0 Å². The lowest BCUT2D eigenvalue weighted by molar-refractivity contribution is -0.146. The maximum absolute atomic E-state index is 11.5. The Kier molecular flexibility index (Phi) is 4.76. The van der Waals surface area contributed by atoms with Crippen molar-refractivity contribution < 1.29 is 23.8 Å². The first-order valence-electron chi connectivity index (χ1n) is 5.96. The highest BCUT2D eigenvalue weighted by Crippen LogP contribution is 2.23. The number of carbonyl (C=O) groups excluding carboxylic acids is 2. The van der Waals surface area contributed by atoms with Crippen molar-refractivity contribution in [3.05, 3.63) is 12.2 Å². The van der Waals surface area contributed by atoms with E-state index in [-0.39, 0.29) is 11.9 Å². The van der Waals surface area contributed by atoms with Gasteiger partial charge in [0, 0.05) is 6.42 Å². The molecule has 18 heavy (non-hydrogen) atoms. The van der Waals surface area contributed by atoms with Crippen LogP contribution in [0.4, 0.5) is 4.79 Å². The quantitative estimate of drug-likeness (QED) is 0.561. The molecule has 0 spiro atoms. The van der Waals surface area contributed by atoms with Crippen LogP contribution in [0.25, 0.3) is 0 Å². The average molecular weight is 256 g/mol. The van der Waals surface area contributed by atoms with Crippen LogP contribution in [0.15, 0.2) is 12.2 Å². The second kappa shape index (κ2) is 5.89. The highest BCUT2D eigenvalue weighted by atomic mass is 16.7. The van der Waals surface area contributed by atoms with E-state index in [1.807, 2.05) is 6.08 Å². The minimum Gasteiger partial charge on any atom is -0.469 e. The third-order valence-corrected chi connectivity index (χ3v) is 2.46. The molecule has 0 fully saturated rings. The van der Waals surface area contributed by atoms with Crippen molar-refractivity contribution >= 4 is 12.1 Å². The maximum atomic E-state index is 11.5. The zero-order valence-corrected chi connectivity index (χ0v) is 11.3. The van der Waals surface area contributed by atoms with E-state index in [1.165, 1.54) is 7.11 Å². The van der Waals surface area contributed by atoms with Crippen molar-refractivity contribution in [2.24, 2.45) is 5.92 Å². The lowest BCUT2D eigenvalue weighted by Gasteiger charge is -2.25. The molecule has 1 aliphatic rings. The zero-order chi connectivity index (χ0) is 13.8. The van der Waals surface area contributed by atoms with Crippen LogP contribution in [0.2, 0.25) is 0 Å². The van der Waals surface area contributed by atoms with E-state index in [2.05, 4.69) is 4.74 Å². The molecular weight excluding hydrogens is 236 g/mol. The SMILES string of the molecule is COC(=O)[C@@H]1CC=CC(OC(=O)OC(C)(C)C)C1. The van der Waals surface area contributed by atoms with E-state index in [0.29, 0.717) is 12.8 Å². The second-order valence-electron chi connectivity index (χ2n) is 5.24. The fourth-order valence-electron chi connectivity index (χ4n) is 1.69. The van der Waals surface area contributed by atoms with Crippen LogP contribution in [-0.2, 0) is 19.0 Å². The van der Waals surface area contributed by atoms with Gasteiger partial charge in [0.15, 0.2) is 0 Å². The van der Waals surface area contributed by atoms with Crippen LogP contribution in [0.3, 0.4) is 0 Å². The zero-order valence-electron chi connectivity index (χ0n) is 11.3. The lowest BCUT2D eigenvalue weighted by atomic mass is 9.93. The fourth-order valence-corrected chi connectivity index (χ4v) is 1.69. The Morgan fingerprint density at radius 1 is 1.28 bits per heavy atom. The number of allylic oxidation sites excluding steroid dienone is 1. The highest BCUT2D eigenvalue weighted by Gasteiger charge is 2.28. The molecule has 0 aromatic rings. The van der Waals surface area contributed by atoms with E-state index >= 15 is 0 Å². The van der Waals surface area contributed by atoms with E-state index in [0.717, 1.165) is 0 Å². The number of esters is 1. The molecule has 0 aliphatic heterocycles. The van der Waals surface area contributed by atoms with Gasteiger partial charge in [0.2, 0.25) is 0 Å². The number of methoxy groups -OCH3 is 1. The van der Waals surface area contributed by atoms with Gasteiger partial charge in [-0.2, -0.15) is 0 Å². The largest absolute Gasteiger partial charge is 0.509 e. The topological polar surface area (TPSA) is 61.8 Å². The van der Waals surface area contributed by atoms with Gasteiger partial charge in [0.25, 0.3) is 0 Å². The molecule has 102 valence electrons. The fraction of sp³-hybridized carbons (Fsp3) is 0.692. The van der Waals surface area contributed by atoms with E-state index < -0.39 is 17.9 Å². The predicted octanol–water partition coefficient (Wildman–Crippen LogP) is 2.45. The van der Waals surface area contributed by atoms with Crippen LogP contribution < -0.4 is 0 Å². The molecule has 0 radical (unpaired) electrons. The molecule has 5 nitrogen and oxygen atoms in total. The molecule has 0 bridgehead atoms. The van der Waals surface area contributed by atoms with Gasteiger partial charge in [-0.25, -0.2) is 4.79 Å². The summed E-state index contributed by atoms with van der Waals surface area (Å²) in [5.41, 5.74) is -0.586. The number of hydrogen-bond acceptors (Lipinski definition) is 5. The van der Waals surface area contributed by atoms with Gasteiger partial charge < -0.3 is 14.2 Å². The lowest BCUT2D eigenvalue weighted by Crippen LogP contribution is -2.30. The smallest absolute Gasteiger partial charge is 0.469 e. The van der Waals surface area contributed by atoms with Crippen molar-refractivity contribution in [1.29, 1.82) is 0 Å². The Morgan fingerprint density at radius 3 is 2.50 bits per heavy atom. The summed E-state index contributed by atoms with van der Waals surface area (Å²) in [7, 11) is 1.35. The Balaban J connectivity index is 2.48. The Hall–Kier alpha value is -1.52. The summed E-state index contributed by atoms with van der Waals surface area (Å²) in [5, 5.41) is 0. The third kappa shape index (κ3) is 4.77. The Morgan fingerprint density at radius 2 is 1.94 bits per heavy atom. The first kappa shape index (κ1) is 14.5. The molecular formula is C13H20O5. The van der Waals surface area contributed by atoms with Crippen molar-refractivity contribution in [3.8, 4) is 0 Å². The normalized spacial score (nSPS) is 23.3. The van der Waals surface area contributed by atoms with Gasteiger partial charge in [-0.3, -0.25) is 4.79 Å². The summed E-state index contributed by atoms with van der Waals surface area (Å²) in [5.74, 6) is -0.537. The monoisotopic (exact) mass is 256 g/mol. The molecule has 1 unspecified atom stereocenters. The molecule has 1 rings (SSSR count). The second-order valence-corrected chi connectivity index (χ2v) is 5.24. The van der Waals surface area contributed by atoms with Crippen LogP contribution in [-0.4, -0.2) is 30.9 Å². The average Bonchev–Trinajstić information content (AvgIpc) is 2.25. The van der Waals surface area contributed by atoms with E-state index in [4.69, 9.17) is 9.47 Å². The van der Waals surface area contributed by atoms with Gasteiger partial charge >= 0.3 is 12.1 Å². The van der Waals surface area contributed by atoms with Gasteiger partial charge in [-0.1, -0.05) is 6.08 Å². The van der Waals surface area contributed by atoms with Gasteiger partial charge in [-0.05, 0) is 33.3 Å². The minimum atomic E-state index is -0.720. The number of hydrogen-bond donors (Lipinski definition) is 0. The molecule has 5 heteroatoms. The molecule has 0 saturated carbocycles. The summed E-state index contributed by atoms with van der Waals surface area (Å²) in [4.78, 5) is 22.9. The summed E-state index contributed by atoms with van der Waals surface area (Å²) in [6.45, 7) is 5.30. The summed E-state index contributed by atoms with van der Waals surface area (Å²) in [6.07, 6.45) is 3.48. The molecule has 0 aromatic heterocycles. The van der Waals surface area contributed by atoms with Crippen LogP contribution in [0.1, 0.15) is 33.6 Å². The standard InChI is InChI=1S/C13H20O5/c1-13(2,3)18-12(15)17-10-7-5-6-9(8-10)11(14)16-4/h5,7,9-10H,6,8H2,1-4H3/t9-,10?/m1/s1. The van der Waals surface area contributed by atoms with Crippen molar-refractivity contribution in [1.82, 2.24) is 0 Å². The first-order valence-corrected chi connectivity index (χ1v) is 5.96. The van der Waals surface area contributed by atoms with Crippen LogP contribution >= 0.6 is 0 Å². The van der Waals surface area contributed by atoms with Gasteiger partial charge in [0.05, 0.1) is 13.0 Å². The highest BCUT2D eigenvalue weighted by molar-refractivity contribution is 5.73. The van der Waals surface area contributed by atoms with E-state index in [1.54, 1.807) is 26.8 Å². The van der Waals surface area contributed by atoms with Gasteiger partial charge in [-0.15, -0.1) is 0 Å². The molecule has 0 N–H and O–H groups in total. The summed E-state index contributed by atoms with van der Waals surface area (Å²) >= 11 is 0. The predicted molar refractivity (Wildman–Crippen MR) is 65.0 cm³/mol. The molecule has 2 atom stereocenters. The van der Waals surface area contributed by atoms with Gasteiger partial charge in [0.1, 0.15) is 11.7 Å². The Bertz CT molecular complexity index is 340. The molecule has 0 saturated heterocycles. The summed E-state index contributed by atoms with van der Waals surface area (Å²) in [6, 6.07) is 0. The first-order chi connectivity index (χ1) is 8.31. The maximum Gasteiger partial charge on any atom is 0.509 e. The Labute approximate surface area is 107 Å². The molecule has 0 heterocycles. The van der Waals surface area contributed by atoms with Crippen molar-refractivity contribution in [2.45, 2.75) is 45.3 Å². The molecule has 0 aromatic carbocycles.